The van der Waals surface area contributed by atoms with Crippen LogP contribution in [0, 0.1) is 0 Å². The van der Waals surface area contributed by atoms with E-state index in [0.29, 0.717) is 12.6 Å². The summed E-state index contributed by atoms with van der Waals surface area (Å²) in [5.74, 6) is 0. The molecule has 0 unspecified atom stereocenters. The van der Waals surface area contributed by atoms with Gasteiger partial charge in [0.05, 0.1) is 6.20 Å². The first kappa shape index (κ1) is 13.8. The summed E-state index contributed by atoms with van der Waals surface area (Å²) in [5, 5.41) is 20.5. The van der Waals surface area contributed by atoms with Crippen LogP contribution in [-0.4, -0.2) is 21.4 Å². The molecule has 0 aliphatic heterocycles. The number of nitrogens with one attached hydrogen (secondary N) is 1. The molecule has 108 valence electrons. The van der Waals surface area contributed by atoms with E-state index in [1.807, 2.05) is 31.5 Å². The second-order valence-corrected chi connectivity index (χ2v) is 6.80. The van der Waals surface area contributed by atoms with Crippen LogP contribution in [0.3, 0.4) is 0 Å². The number of hydrogen-bond acceptors (Lipinski definition) is 4. The predicted molar refractivity (Wildman–Crippen MR) is 80.8 cm³/mol. The van der Waals surface area contributed by atoms with Gasteiger partial charge in [-0.25, -0.2) is 0 Å². The highest BCUT2D eigenvalue weighted by Gasteiger charge is 2.28. The predicted octanol–water partition coefficient (Wildman–Crippen LogP) is 2.36. The van der Waals surface area contributed by atoms with E-state index in [0.717, 1.165) is 12.0 Å². The minimum Gasteiger partial charge on any atom is -0.384 e. The molecule has 0 aromatic carbocycles. The zero-order valence-corrected chi connectivity index (χ0v) is 12.8. The van der Waals surface area contributed by atoms with Crippen molar-refractivity contribution in [1.29, 1.82) is 0 Å². The van der Waals surface area contributed by atoms with Crippen molar-refractivity contribution in [3.63, 3.8) is 0 Å². The van der Waals surface area contributed by atoms with Crippen molar-refractivity contribution >= 4 is 11.3 Å². The Kier molecular flexibility index (Phi) is 3.67. The van der Waals surface area contributed by atoms with Crippen molar-refractivity contribution in [2.45, 2.75) is 37.8 Å². The molecular formula is C15H21N3OS. The molecule has 2 aromatic rings. The van der Waals surface area contributed by atoms with E-state index in [9.17, 15) is 5.11 Å². The van der Waals surface area contributed by atoms with Crippen LogP contribution in [0.5, 0.6) is 0 Å². The second kappa shape index (κ2) is 5.31. The Morgan fingerprint density at radius 2 is 2.45 bits per heavy atom. The Balaban J connectivity index is 1.68. The summed E-state index contributed by atoms with van der Waals surface area (Å²) in [5.41, 5.74) is 1.39. The van der Waals surface area contributed by atoms with Gasteiger partial charge in [-0.2, -0.15) is 5.10 Å². The number of fused-ring (bicyclic) bond motifs is 1. The molecule has 2 atom stereocenters. The summed E-state index contributed by atoms with van der Waals surface area (Å²) in [6.07, 6.45) is 7.17. The maximum Gasteiger partial charge on any atom is 0.102 e. The molecule has 1 aliphatic carbocycles. The van der Waals surface area contributed by atoms with Gasteiger partial charge in [0.25, 0.3) is 0 Å². The molecule has 0 saturated heterocycles. The van der Waals surface area contributed by atoms with E-state index >= 15 is 0 Å². The number of aliphatic hydroxyl groups is 1. The molecule has 1 aliphatic rings. The van der Waals surface area contributed by atoms with Gasteiger partial charge in [-0.1, -0.05) is 0 Å². The zero-order valence-electron chi connectivity index (χ0n) is 12.0. The molecule has 0 spiro atoms. The summed E-state index contributed by atoms with van der Waals surface area (Å²) in [6.45, 7) is 2.38. The zero-order chi connectivity index (χ0) is 14.2. The fourth-order valence-electron chi connectivity index (χ4n) is 2.82. The van der Waals surface area contributed by atoms with Crippen molar-refractivity contribution < 1.29 is 5.11 Å². The number of aryl methyl sites for hydroxylation is 2. The summed E-state index contributed by atoms with van der Waals surface area (Å²) in [4.78, 5) is 1.50. The maximum absolute atomic E-state index is 10.6. The molecule has 0 saturated carbocycles. The highest BCUT2D eigenvalue weighted by molar-refractivity contribution is 7.10. The van der Waals surface area contributed by atoms with Crippen LogP contribution in [0.25, 0.3) is 0 Å². The summed E-state index contributed by atoms with van der Waals surface area (Å²) in [6, 6.07) is 2.59. The first-order valence-corrected chi connectivity index (χ1v) is 7.95. The van der Waals surface area contributed by atoms with Gasteiger partial charge in [-0.3, -0.25) is 4.68 Å². The Morgan fingerprint density at radius 1 is 1.60 bits per heavy atom. The number of aromatic nitrogens is 2. The average molecular weight is 291 g/mol. The highest BCUT2D eigenvalue weighted by Crippen LogP contribution is 2.33. The normalized spacial score (nSPS) is 21.4. The number of hydrogen-bond donors (Lipinski definition) is 2. The van der Waals surface area contributed by atoms with Crippen molar-refractivity contribution in [2.75, 3.05) is 6.54 Å². The SMILES string of the molecule is Cn1cc([C@@](C)(O)CN[C@@H]2CCCc3sccc32)cn1. The quantitative estimate of drug-likeness (QED) is 0.909. The first-order valence-electron chi connectivity index (χ1n) is 7.07. The third kappa shape index (κ3) is 2.66. The summed E-state index contributed by atoms with van der Waals surface area (Å²) in [7, 11) is 1.87. The monoisotopic (exact) mass is 291 g/mol. The van der Waals surface area contributed by atoms with Gasteiger partial charge in [-0.15, -0.1) is 11.3 Å². The van der Waals surface area contributed by atoms with Gasteiger partial charge in [0.1, 0.15) is 5.60 Å². The molecule has 5 heteroatoms. The maximum atomic E-state index is 10.6. The van der Waals surface area contributed by atoms with Crippen molar-refractivity contribution in [2.24, 2.45) is 7.05 Å². The van der Waals surface area contributed by atoms with Gasteiger partial charge in [-0.05, 0) is 43.2 Å². The van der Waals surface area contributed by atoms with E-state index in [-0.39, 0.29) is 0 Å². The number of thiophene rings is 1. The van der Waals surface area contributed by atoms with Gasteiger partial charge < -0.3 is 10.4 Å². The van der Waals surface area contributed by atoms with Crippen molar-refractivity contribution in [3.05, 3.63) is 39.8 Å². The first-order chi connectivity index (χ1) is 9.56. The van der Waals surface area contributed by atoms with Gasteiger partial charge >= 0.3 is 0 Å². The molecule has 3 rings (SSSR count). The number of nitrogens with zero attached hydrogens (tertiary/aromatic N) is 2. The Hall–Kier alpha value is -1.17. The average Bonchev–Trinajstić information content (AvgIpc) is 3.05. The molecule has 0 radical (unpaired) electrons. The van der Waals surface area contributed by atoms with Crippen LogP contribution < -0.4 is 5.32 Å². The van der Waals surface area contributed by atoms with Crippen LogP contribution in [-0.2, 0) is 19.1 Å². The van der Waals surface area contributed by atoms with E-state index < -0.39 is 5.60 Å². The third-order valence-electron chi connectivity index (χ3n) is 4.07. The molecule has 0 fully saturated rings. The fraction of sp³-hybridized carbons (Fsp3) is 0.533. The minimum absolute atomic E-state index is 0.369. The fourth-order valence-corrected chi connectivity index (χ4v) is 3.81. The summed E-state index contributed by atoms with van der Waals surface area (Å²) >= 11 is 1.85. The van der Waals surface area contributed by atoms with Gasteiger partial charge in [0.2, 0.25) is 0 Å². The van der Waals surface area contributed by atoms with Crippen molar-refractivity contribution in [3.8, 4) is 0 Å². The van der Waals surface area contributed by atoms with E-state index in [1.54, 1.807) is 10.9 Å². The molecule has 2 aromatic heterocycles. The van der Waals surface area contributed by atoms with Gasteiger partial charge in [0, 0.05) is 36.3 Å². The Morgan fingerprint density at radius 3 is 3.20 bits per heavy atom. The molecule has 0 bridgehead atoms. The number of rotatable bonds is 4. The highest BCUT2D eigenvalue weighted by atomic mass is 32.1. The third-order valence-corrected chi connectivity index (χ3v) is 5.07. The molecule has 0 amide bonds. The Labute approximate surface area is 123 Å². The molecule has 4 nitrogen and oxygen atoms in total. The molecule has 2 heterocycles. The van der Waals surface area contributed by atoms with Crippen LogP contribution >= 0.6 is 11.3 Å². The van der Waals surface area contributed by atoms with Crippen LogP contribution in [0.4, 0.5) is 0 Å². The second-order valence-electron chi connectivity index (χ2n) is 5.80. The van der Waals surface area contributed by atoms with Crippen LogP contribution in [0.15, 0.2) is 23.8 Å². The Bertz CT molecular complexity index is 587. The van der Waals surface area contributed by atoms with Crippen LogP contribution in [0.2, 0.25) is 0 Å². The lowest BCUT2D eigenvalue weighted by atomic mass is 9.92. The molecule has 20 heavy (non-hydrogen) atoms. The lowest BCUT2D eigenvalue weighted by Gasteiger charge is -2.29. The largest absolute Gasteiger partial charge is 0.384 e. The minimum atomic E-state index is -0.887. The van der Waals surface area contributed by atoms with Crippen LogP contribution in [0.1, 0.15) is 41.8 Å². The van der Waals surface area contributed by atoms with Gasteiger partial charge in [0.15, 0.2) is 0 Å². The van der Waals surface area contributed by atoms with E-state index in [2.05, 4.69) is 21.9 Å². The standard InChI is InChI=1S/C15H21N3OS/c1-15(19,11-8-17-18(2)9-11)10-16-13-4-3-5-14-12(13)6-7-20-14/h6-9,13,16,19H,3-5,10H2,1-2H3/t13-,15+/m1/s1. The van der Waals surface area contributed by atoms with Crippen molar-refractivity contribution in [1.82, 2.24) is 15.1 Å². The van der Waals surface area contributed by atoms with E-state index in [4.69, 9.17) is 0 Å². The smallest absolute Gasteiger partial charge is 0.102 e. The topological polar surface area (TPSA) is 50.1 Å². The lowest BCUT2D eigenvalue weighted by molar-refractivity contribution is 0.0530. The lowest BCUT2D eigenvalue weighted by Crippen LogP contribution is -2.38. The summed E-state index contributed by atoms with van der Waals surface area (Å²) < 4.78 is 1.72. The van der Waals surface area contributed by atoms with E-state index in [1.165, 1.54) is 23.3 Å². The molecule has 2 N–H and O–H groups in total. The molecular weight excluding hydrogens is 270 g/mol.